The van der Waals surface area contributed by atoms with Gasteiger partial charge in [-0.1, -0.05) is 12.1 Å². The Morgan fingerprint density at radius 3 is 2.60 bits per heavy atom. The number of amides is 1. The molecule has 0 aliphatic heterocycles. The smallest absolute Gasteiger partial charge is 0.254 e. The van der Waals surface area contributed by atoms with Gasteiger partial charge in [-0.05, 0) is 49.7 Å². The number of carbonyl (C=O) groups excluding carboxylic acids is 1. The molecule has 0 aliphatic carbocycles. The van der Waals surface area contributed by atoms with Crippen LogP contribution in [0.2, 0.25) is 0 Å². The van der Waals surface area contributed by atoms with Crippen LogP contribution in [-0.2, 0) is 6.54 Å². The molecule has 0 radical (unpaired) electrons. The molecular weight excluding hydrogens is 316 g/mol. The lowest BCUT2D eigenvalue weighted by Crippen LogP contribution is -2.30. The Balaban J connectivity index is 2.21. The first-order chi connectivity index (χ1) is 12.1. The highest BCUT2D eigenvalue weighted by atomic mass is 16.5. The molecule has 0 unspecified atom stereocenters. The normalized spacial score (nSPS) is 10.0. The van der Waals surface area contributed by atoms with E-state index in [1.165, 1.54) is 0 Å². The zero-order valence-electron chi connectivity index (χ0n) is 14.8. The fourth-order valence-corrected chi connectivity index (χ4v) is 2.54. The Labute approximate surface area is 148 Å². The van der Waals surface area contributed by atoms with Gasteiger partial charge in [-0.3, -0.25) is 4.79 Å². The predicted octanol–water partition coefficient (Wildman–Crippen LogP) is 3.63. The van der Waals surface area contributed by atoms with Crippen molar-refractivity contribution in [3.8, 4) is 17.6 Å². The number of hydrogen-bond acceptors (Lipinski definition) is 4. The number of ether oxygens (including phenoxy) is 2. The zero-order valence-corrected chi connectivity index (χ0v) is 14.8. The molecule has 0 saturated heterocycles. The summed E-state index contributed by atoms with van der Waals surface area (Å²) < 4.78 is 10.9. The lowest BCUT2D eigenvalue weighted by atomic mass is 10.1. The number of benzene rings is 2. The maximum atomic E-state index is 12.7. The molecule has 130 valence electrons. The number of hydrogen-bond donors (Lipinski definition) is 0. The lowest BCUT2D eigenvalue weighted by molar-refractivity contribution is 0.0752. The summed E-state index contributed by atoms with van der Waals surface area (Å²) in [5.74, 6) is 1.23. The van der Waals surface area contributed by atoms with E-state index < -0.39 is 0 Å². The summed E-state index contributed by atoms with van der Waals surface area (Å²) >= 11 is 0. The average molecular weight is 338 g/mol. The Kier molecular flexibility index (Phi) is 6.41. The van der Waals surface area contributed by atoms with Crippen LogP contribution in [0.1, 0.15) is 35.3 Å². The van der Waals surface area contributed by atoms with E-state index in [-0.39, 0.29) is 5.91 Å². The van der Waals surface area contributed by atoms with Crippen LogP contribution >= 0.6 is 0 Å². The molecule has 0 aromatic heterocycles. The number of rotatable bonds is 7. The summed E-state index contributed by atoms with van der Waals surface area (Å²) in [4.78, 5) is 14.5. The molecule has 0 atom stereocenters. The molecule has 0 fully saturated rings. The second kappa shape index (κ2) is 8.74. The third kappa shape index (κ3) is 4.51. The number of nitrogens with zero attached hydrogens (tertiary/aromatic N) is 2. The summed E-state index contributed by atoms with van der Waals surface area (Å²) in [6.45, 7) is 5.42. The molecule has 0 spiro atoms. The standard InChI is InChI=1S/C20H22N2O3/c1-4-22(20(23)17-8-6-7-15(11-17)13-21)14-16-9-10-18(25-5-2)19(12-16)24-3/h6-12H,4-5,14H2,1-3H3. The summed E-state index contributed by atoms with van der Waals surface area (Å²) in [6, 6.07) is 14.5. The van der Waals surface area contributed by atoms with Crippen LogP contribution in [0, 0.1) is 11.3 Å². The van der Waals surface area contributed by atoms with E-state index in [9.17, 15) is 4.79 Å². The van der Waals surface area contributed by atoms with Crippen LogP contribution in [-0.4, -0.2) is 31.1 Å². The maximum absolute atomic E-state index is 12.7. The molecule has 25 heavy (non-hydrogen) atoms. The van der Waals surface area contributed by atoms with Crippen molar-refractivity contribution in [1.82, 2.24) is 4.90 Å². The summed E-state index contributed by atoms with van der Waals surface area (Å²) in [6.07, 6.45) is 0. The molecule has 2 rings (SSSR count). The van der Waals surface area contributed by atoms with Gasteiger partial charge in [-0.25, -0.2) is 0 Å². The van der Waals surface area contributed by atoms with E-state index in [1.807, 2.05) is 32.0 Å². The highest BCUT2D eigenvalue weighted by Crippen LogP contribution is 2.28. The Morgan fingerprint density at radius 2 is 1.96 bits per heavy atom. The number of carbonyl (C=O) groups is 1. The van der Waals surface area contributed by atoms with E-state index in [4.69, 9.17) is 14.7 Å². The minimum Gasteiger partial charge on any atom is -0.493 e. The second-order valence-electron chi connectivity index (χ2n) is 5.43. The SMILES string of the molecule is CCOc1ccc(CN(CC)C(=O)c2cccc(C#N)c2)cc1OC. The van der Waals surface area contributed by atoms with E-state index in [0.29, 0.717) is 42.3 Å². The Hall–Kier alpha value is -3.00. The van der Waals surface area contributed by atoms with Crippen LogP contribution in [0.25, 0.3) is 0 Å². The molecule has 0 saturated carbocycles. The first-order valence-corrected chi connectivity index (χ1v) is 8.22. The van der Waals surface area contributed by atoms with Crippen molar-refractivity contribution in [2.75, 3.05) is 20.3 Å². The minimum absolute atomic E-state index is 0.104. The Bertz CT molecular complexity index is 781. The quantitative estimate of drug-likeness (QED) is 0.773. The third-order valence-corrected chi connectivity index (χ3v) is 3.81. The molecule has 2 aromatic rings. The Morgan fingerprint density at radius 1 is 1.16 bits per heavy atom. The van der Waals surface area contributed by atoms with Crippen molar-refractivity contribution < 1.29 is 14.3 Å². The number of nitriles is 1. The highest BCUT2D eigenvalue weighted by Gasteiger charge is 2.16. The fraction of sp³-hybridized carbons (Fsp3) is 0.300. The molecule has 5 nitrogen and oxygen atoms in total. The average Bonchev–Trinajstić information content (AvgIpc) is 2.66. The van der Waals surface area contributed by atoms with Gasteiger partial charge in [0.25, 0.3) is 5.91 Å². The van der Waals surface area contributed by atoms with Crippen LogP contribution in [0.4, 0.5) is 0 Å². The molecule has 0 N–H and O–H groups in total. The van der Waals surface area contributed by atoms with Crippen molar-refractivity contribution >= 4 is 5.91 Å². The summed E-state index contributed by atoms with van der Waals surface area (Å²) in [7, 11) is 1.60. The van der Waals surface area contributed by atoms with Gasteiger partial charge in [-0.15, -0.1) is 0 Å². The molecule has 0 bridgehead atoms. The molecule has 0 heterocycles. The van der Waals surface area contributed by atoms with E-state index in [2.05, 4.69) is 6.07 Å². The van der Waals surface area contributed by atoms with E-state index >= 15 is 0 Å². The van der Waals surface area contributed by atoms with Gasteiger partial charge >= 0.3 is 0 Å². The van der Waals surface area contributed by atoms with Crippen LogP contribution in [0.5, 0.6) is 11.5 Å². The van der Waals surface area contributed by atoms with Crippen molar-refractivity contribution in [2.45, 2.75) is 20.4 Å². The minimum atomic E-state index is -0.104. The van der Waals surface area contributed by atoms with Gasteiger partial charge < -0.3 is 14.4 Å². The van der Waals surface area contributed by atoms with Gasteiger partial charge in [0.05, 0.1) is 25.3 Å². The first-order valence-electron chi connectivity index (χ1n) is 8.22. The molecule has 0 aliphatic rings. The van der Waals surface area contributed by atoms with Crippen LogP contribution < -0.4 is 9.47 Å². The van der Waals surface area contributed by atoms with Gasteiger partial charge in [0, 0.05) is 18.7 Å². The summed E-state index contributed by atoms with van der Waals surface area (Å²) in [5.41, 5.74) is 1.94. The molecular formula is C20H22N2O3. The van der Waals surface area contributed by atoms with Gasteiger partial charge in [0.15, 0.2) is 11.5 Å². The fourth-order valence-electron chi connectivity index (χ4n) is 2.54. The van der Waals surface area contributed by atoms with E-state index in [0.717, 1.165) is 5.56 Å². The third-order valence-electron chi connectivity index (χ3n) is 3.81. The predicted molar refractivity (Wildman–Crippen MR) is 95.7 cm³/mol. The monoisotopic (exact) mass is 338 g/mol. The molecule has 2 aromatic carbocycles. The van der Waals surface area contributed by atoms with Gasteiger partial charge in [0.1, 0.15) is 0 Å². The largest absolute Gasteiger partial charge is 0.493 e. The van der Waals surface area contributed by atoms with Crippen LogP contribution in [0.3, 0.4) is 0 Å². The molecule has 1 amide bonds. The van der Waals surface area contributed by atoms with Crippen molar-refractivity contribution in [1.29, 1.82) is 5.26 Å². The maximum Gasteiger partial charge on any atom is 0.254 e. The van der Waals surface area contributed by atoms with Gasteiger partial charge in [-0.2, -0.15) is 5.26 Å². The highest BCUT2D eigenvalue weighted by molar-refractivity contribution is 5.94. The first kappa shape index (κ1) is 18.3. The van der Waals surface area contributed by atoms with E-state index in [1.54, 1.807) is 36.3 Å². The van der Waals surface area contributed by atoms with Crippen molar-refractivity contribution in [3.63, 3.8) is 0 Å². The number of methoxy groups -OCH3 is 1. The summed E-state index contributed by atoms with van der Waals surface area (Å²) in [5, 5.41) is 9.00. The van der Waals surface area contributed by atoms with Crippen molar-refractivity contribution in [3.05, 3.63) is 59.2 Å². The topological polar surface area (TPSA) is 62.6 Å². The second-order valence-corrected chi connectivity index (χ2v) is 5.43. The lowest BCUT2D eigenvalue weighted by Gasteiger charge is -2.22. The van der Waals surface area contributed by atoms with Gasteiger partial charge in [0.2, 0.25) is 0 Å². The van der Waals surface area contributed by atoms with Crippen molar-refractivity contribution in [2.24, 2.45) is 0 Å². The molecule has 5 heteroatoms. The van der Waals surface area contributed by atoms with Crippen LogP contribution in [0.15, 0.2) is 42.5 Å². The zero-order chi connectivity index (χ0) is 18.2.